The van der Waals surface area contributed by atoms with Crippen molar-refractivity contribution in [3.05, 3.63) is 33.8 Å². The molecule has 0 spiro atoms. The highest BCUT2D eigenvalue weighted by Gasteiger charge is 2.11. The quantitative estimate of drug-likeness (QED) is 0.880. The minimum Gasteiger partial charge on any atom is -0.313 e. The molecule has 0 unspecified atom stereocenters. The van der Waals surface area contributed by atoms with E-state index in [4.69, 9.17) is 23.2 Å². The maximum Gasteiger partial charge on any atom is 0.0451 e. The fraction of sp³-hybridized carbons (Fsp3) is 0.538. The minimum absolute atomic E-state index is 0.599. The van der Waals surface area contributed by atoms with Gasteiger partial charge in [0.1, 0.15) is 0 Å². The van der Waals surface area contributed by atoms with E-state index in [1.54, 1.807) is 0 Å². The van der Waals surface area contributed by atoms with Crippen molar-refractivity contribution < 1.29 is 0 Å². The molecule has 0 radical (unpaired) electrons. The fourth-order valence-electron chi connectivity index (χ4n) is 2.16. The molecule has 1 saturated heterocycles. The summed E-state index contributed by atoms with van der Waals surface area (Å²) in [6.45, 7) is 2.91. The number of piperidine rings is 1. The monoisotopic (exact) mass is 272 g/mol. The lowest BCUT2D eigenvalue weighted by Gasteiger charge is -2.23. The van der Waals surface area contributed by atoms with Crippen molar-refractivity contribution in [3.63, 3.8) is 0 Å². The normalized spacial score (nSPS) is 20.5. The maximum atomic E-state index is 6.10. The van der Waals surface area contributed by atoms with Gasteiger partial charge in [0.25, 0.3) is 0 Å². The second-order valence-corrected chi connectivity index (χ2v) is 5.36. The van der Waals surface area contributed by atoms with Gasteiger partial charge < -0.3 is 10.6 Å². The van der Waals surface area contributed by atoms with Crippen LogP contribution in [0.4, 0.5) is 0 Å². The van der Waals surface area contributed by atoms with Crippen LogP contribution >= 0.6 is 23.2 Å². The van der Waals surface area contributed by atoms with E-state index in [0.717, 1.165) is 35.2 Å². The lowest BCUT2D eigenvalue weighted by atomic mass is 10.1. The zero-order chi connectivity index (χ0) is 12.1. The highest BCUT2D eigenvalue weighted by atomic mass is 35.5. The van der Waals surface area contributed by atoms with Gasteiger partial charge in [0.15, 0.2) is 0 Å². The number of benzene rings is 1. The first-order valence-electron chi connectivity index (χ1n) is 6.14. The molecule has 4 heteroatoms. The Bertz CT molecular complexity index is 362. The molecule has 0 saturated carbocycles. The van der Waals surface area contributed by atoms with Crippen molar-refractivity contribution >= 4 is 23.2 Å². The van der Waals surface area contributed by atoms with Gasteiger partial charge in [0.05, 0.1) is 0 Å². The Kier molecular flexibility index (Phi) is 5.11. The van der Waals surface area contributed by atoms with Gasteiger partial charge in [-0.1, -0.05) is 29.6 Å². The van der Waals surface area contributed by atoms with E-state index in [1.165, 1.54) is 19.3 Å². The average Bonchev–Trinajstić information content (AvgIpc) is 2.35. The Labute approximate surface area is 113 Å². The summed E-state index contributed by atoms with van der Waals surface area (Å²) in [6, 6.07) is 6.18. The van der Waals surface area contributed by atoms with Gasteiger partial charge in [-0.05, 0) is 43.1 Å². The van der Waals surface area contributed by atoms with Gasteiger partial charge in [0, 0.05) is 29.2 Å². The second kappa shape index (κ2) is 6.60. The van der Waals surface area contributed by atoms with E-state index in [9.17, 15) is 0 Å². The topological polar surface area (TPSA) is 24.1 Å². The van der Waals surface area contributed by atoms with E-state index in [-0.39, 0.29) is 0 Å². The van der Waals surface area contributed by atoms with Crippen LogP contribution in [-0.4, -0.2) is 19.1 Å². The van der Waals surface area contributed by atoms with Crippen molar-refractivity contribution in [3.8, 4) is 0 Å². The summed E-state index contributed by atoms with van der Waals surface area (Å²) in [4.78, 5) is 0. The third-order valence-electron chi connectivity index (χ3n) is 3.13. The molecule has 1 heterocycles. The van der Waals surface area contributed by atoms with Crippen LogP contribution in [0.5, 0.6) is 0 Å². The van der Waals surface area contributed by atoms with E-state index < -0.39 is 0 Å². The summed E-state index contributed by atoms with van der Waals surface area (Å²) >= 11 is 12.0. The molecule has 2 nitrogen and oxygen atoms in total. The van der Waals surface area contributed by atoms with Crippen molar-refractivity contribution in [2.75, 3.05) is 13.1 Å². The van der Waals surface area contributed by atoms with Crippen LogP contribution in [0.3, 0.4) is 0 Å². The summed E-state index contributed by atoms with van der Waals surface area (Å²) in [7, 11) is 0. The predicted octanol–water partition coefficient (Wildman–Crippen LogP) is 3.23. The third kappa shape index (κ3) is 4.14. The Morgan fingerprint density at radius 1 is 1.29 bits per heavy atom. The first-order valence-corrected chi connectivity index (χ1v) is 6.89. The van der Waals surface area contributed by atoms with E-state index in [0.29, 0.717) is 6.04 Å². The number of rotatable bonds is 4. The van der Waals surface area contributed by atoms with Gasteiger partial charge >= 0.3 is 0 Å². The lowest BCUT2D eigenvalue weighted by molar-refractivity contribution is 0.383. The molecular formula is C13H18Cl2N2. The molecule has 0 bridgehead atoms. The fourth-order valence-corrected chi connectivity index (χ4v) is 2.54. The third-order valence-corrected chi connectivity index (χ3v) is 3.73. The Hall–Kier alpha value is -0.280. The predicted molar refractivity (Wildman–Crippen MR) is 73.8 cm³/mol. The molecule has 2 N–H and O–H groups in total. The van der Waals surface area contributed by atoms with Gasteiger partial charge in [0.2, 0.25) is 0 Å². The van der Waals surface area contributed by atoms with Gasteiger partial charge in [-0.3, -0.25) is 0 Å². The van der Waals surface area contributed by atoms with Crippen LogP contribution in [0.15, 0.2) is 18.2 Å². The molecule has 0 amide bonds. The summed E-state index contributed by atoms with van der Waals surface area (Å²) in [6.07, 6.45) is 3.89. The first-order chi connectivity index (χ1) is 8.25. The number of halogens is 2. The van der Waals surface area contributed by atoms with Crippen LogP contribution in [0, 0.1) is 0 Å². The van der Waals surface area contributed by atoms with Gasteiger partial charge in [-0.2, -0.15) is 0 Å². The van der Waals surface area contributed by atoms with Gasteiger partial charge in [-0.25, -0.2) is 0 Å². The van der Waals surface area contributed by atoms with Crippen molar-refractivity contribution in [1.29, 1.82) is 0 Å². The molecule has 1 aromatic rings. The average molecular weight is 273 g/mol. The Morgan fingerprint density at radius 2 is 2.18 bits per heavy atom. The standard InChI is InChI=1S/C13H18Cl2N2/c14-11-4-5-13(15)10(7-11)8-16-9-12-3-1-2-6-17-12/h4-5,7,12,16-17H,1-3,6,8-9H2/t12-/m0/s1. The van der Waals surface area contributed by atoms with E-state index in [2.05, 4.69) is 10.6 Å². The molecule has 1 atom stereocenters. The van der Waals surface area contributed by atoms with Gasteiger partial charge in [-0.15, -0.1) is 0 Å². The molecule has 94 valence electrons. The summed E-state index contributed by atoms with van der Waals surface area (Å²) in [5.74, 6) is 0. The molecule has 0 aliphatic carbocycles. The van der Waals surface area contributed by atoms with Crippen LogP contribution in [-0.2, 0) is 6.54 Å². The Morgan fingerprint density at radius 3 is 2.94 bits per heavy atom. The van der Waals surface area contributed by atoms with Crippen LogP contribution in [0.2, 0.25) is 10.0 Å². The van der Waals surface area contributed by atoms with Crippen molar-refractivity contribution in [1.82, 2.24) is 10.6 Å². The highest BCUT2D eigenvalue weighted by Crippen LogP contribution is 2.20. The second-order valence-electron chi connectivity index (χ2n) is 4.51. The Balaban J connectivity index is 1.79. The molecule has 1 aliphatic rings. The smallest absolute Gasteiger partial charge is 0.0451 e. The molecule has 1 aromatic carbocycles. The highest BCUT2D eigenvalue weighted by molar-refractivity contribution is 6.33. The molecule has 0 aromatic heterocycles. The van der Waals surface area contributed by atoms with Crippen molar-refractivity contribution in [2.24, 2.45) is 0 Å². The maximum absolute atomic E-state index is 6.10. The summed E-state index contributed by atoms with van der Waals surface area (Å²) in [5.41, 5.74) is 1.06. The summed E-state index contributed by atoms with van der Waals surface area (Å²) < 4.78 is 0. The summed E-state index contributed by atoms with van der Waals surface area (Å²) in [5, 5.41) is 8.46. The molecular weight excluding hydrogens is 255 g/mol. The van der Waals surface area contributed by atoms with Crippen LogP contribution in [0.25, 0.3) is 0 Å². The molecule has 1 aliphatic heterocycles. The first kappa shape index (κ1) is 13.2. The van der Waals surface area contributed by atoms with Crippen molar-refractivity contribution in [2.45, 2.75) is 31.8 Å². The number of hydrogen-bond donors (Lipinski definition) is 2. The van der Waals surface area contributed by atoms with E-state index in [1.807, 2.05) is 18.2 Å². The zero-order valence-electron chi connectivity index (χ0n) is 9.81. The zero-order valence-corrected chi connectivity index (χ0v) is 11.3. The number of hydrogen-bond acceptors (Lipinski definition) is 2. The SMILES string of the molecule is Clc1ccc(Cl)c(CNC[C@@H]2CCCCN2)c1. The lowest BCUT2D eigenvalue weighted by Crippen LogP contribution is -2.41. The largest absolute Gasteiger partial charge is 0.313 e. The van der Waals surface area contributed by atoms with Crippen LogP contribution in [0.1, 0.15) is 24.8 Å². The minimum atomic E-state index is 0.599. The number of nitrogens with one attached hydrogen (secondary N) is 2. The molecule has 1 fully saturated rings. The molecule has 2 rings (SSSR count). The van der Waals surface area contributed by atoms with Crippen LogP contribution < -0.4 is 10.6 Å². The van der Waals surface area contributed by atoms with E-state index >= 15 is 0 Å². The molecule has 17 heavy (non-hydrogen) atoms.